The Labute approximate surface area is 166 Å². The van der Waals surface area contributed by atoms with Crippen molar-refractivity contribution in [2.75, 3.05) is 18.0 Å². The van der Waals surface area contributed by atoms with Gasteiger partial charge in [-0.1, -0.05) is 0 Å². The minimum absolute atomic E-state index is 0.0537. The molecule has 0 unspecified atom stereocenters. The van der Waals surface area contributed by atoms with Crippen LogP contribution in [0.1, 0.15) is 18.0 Å². The SMILES string of the molecule is Cn1ccnc1-c1ccc2n(c1=O)C[C@H]1C[C@@H]2CN(c2ncnc3nc[nH]c23)C1. The van der Waals surface area contributed by atoms with E-state index in [9.17, 15) is 4.79 Å². The Morgan fingerprint density at radius 1 is 1.10 bits per heavy atom. The van der Waals surface area contributed by atoms with Crippen LogP contribution in [0.4, 0.5) is 5.82 Å². The highest BCUT2D eigenvalue weighted by atomic mass is 16.1. The minimum Gasteiger partial charge on any atom is -0.354 e. The summed E-state index contributed by atoms with van der Waals surface area (Å²) < 4.78 is 3.85. The van der Waals surface area contributed by atoms with E-state index in [2.05, 4.69) is 35.9 Å². The quantitative estimate of drug-likeness (QED) is 0.559. The Morgan fingerprint density at radius 3 is 2.90 bits per heavy atom. The maximum Gasteiger partial charge on any atom is 0.261 e. The summed E-state index contributed by atoms with van der Waals surface area (Å²) in [6.45, 7) is 2.40. The standard InChI is InChI=1S/C20H20N8O/c1-26-5-4-21-18(26)14-2-3-15-13-6-12(8-28(15)20(14)29)7-27(9-13)19-16-17(23-10-22-16)24-11-25-19/h2-5,10-13H,6-9H2,1H3,(H,22,23,24,25)/t12-,13+/m0/s1. The average Bonchev–Trinajstić information content (AvgIpc) is 3.37. The fraction of sp³-hybridized carbons (Fsp3) is 0.350. The Bertz CT molecular complexity index is 1290. The molecule has 1 N–H and O–H groups in total. The molecule has 1 saturated heterocycles. The molecule has 2 bridgehead atoms. The second-order valence-corrected chi connectivity index (χ2v) is 7.95. The zero-order valence-electron chi connectivity index (χ0n) is 16.0. The topological polar surface area (TPSA) is 97.5 Å². The van der Waals surface area contributed by atoms with Crippen LogP contribution < -0.4 is 10.5 Å². The molecule has 4 aromatic rings. The Balaban J connectivity index is 1.40. The molecule has 0 saturated carbocycles. The van der Waals surface area contributed by atoms with Gasteiger partial charge in [0, 0.05) is 50.7 Å². The summed E-state index contributed by atoms with van der Waals surface area (Å²) in [5, 5.41) is 0. The Hall–Kier alpha value is -3.49. The first-order chi connectivity index (χ1) is 14.2. The number of nitrogens with zero attached hydrogens (tertiary/aromatic N) is 7. The van der Waals surface area contributed by atoms with E-state index in [0.29, 0.717) is 28.9 Å². The zero-order valence-corrected chi connectivity index (χ0v) is 16.0. The summed E-state index contributed by atoms with van der Waals surface area (Å²) in [5.41, 5.74) is 3.37. The van der Waals surface area contributed by atoms with E-state index in [4.69, 9.17) is 0 Å². The van der Waals surface area contributed by atoms with Crippen molar-refractivity contribution in [2.45, 2.75) is 18.9 Å². The molecule has 9 heteroatoms. The fourth-order valence-corrected chi connectivity index (χ4v) is 4.91. The number of H-pyrrole nitrogens is 1. The number of pyridine rings is 1. The van der Waals surface area contributed by atoms with Gasteiger partial charge in [0.1, 0.15) is 17.7 Å². The van der Waals surface area contributed by atoms with Crippen LogP contribution in [-0.4, -0.2) is 47.1 Å². The smallest absolute Gasteiger partial charge is 0.261 e. The first-order valence-electron chi connectivity index (χ1n) is 9.79. The molecule has 0 aliphatic carbocycles. The number of nitrogens with one attached hydrogen (secondary N) is 1. The number of piperidine rings is 1. The number of aromatic nitrogens is 7. The van der Waals surface area contributed by atoms with E-state index in [1.807, 2.05) is 28.4 Å². The normalized spacial score (nSPS) is 20.8. The number of rotatable bonds is 2. The van der Waals surface area contributed by atoms with Crippen LogP contribution in [0.2, 0.25) is 0 Å². The summed E-state index contributed by atoms with van der Waals surface area (Å²) in [6.07, 6.45) is 7.91. The van der Waals surface area contributed by atoms with Crippen molar-refractivity contribution in [1.82, 2.24) is 34.1 Å². The lowest BCUT2D eigenvalue weighted by Gasteiger charge is -2.43. The number of imidazole rings is 2. The molecular weight excluding hydrogens is 368 g/mol. The molecule has 2 aliphatic heterocycles. The van der Waals surface area contributed by atoms with Gasteiger partial charge < -0.3 is 19.0 Å². The number of fused-ring (bicyclic) bond motifs is 5. The van der Waals surface area contributed by atoms with Crippen LogP contribution >= 0.6 is 0 Å². The highest BCUT2D eigenvalue weighted by molar-refractivity contribution is 5.82. The second kappa shape index (κ2) is 6.00. The van der Waals surface area contributed by atoms with Crippen LogP contribution in [0.5, 0.6) is 0 Å². The molecule has 0 radical (unpaired) electrons. The largest absolute Gasteiger partial charge is 0.354 e. The molecule has 2 atom stereocenters. The molecule has 6 rings (SSSR count). The Morgan fingerprint density at radius 2 is 2.03 bits per heavy atom. The molecule has 9 nitrogen and oxygen atoms in total. The number of aryl methyl sites for hydroxylation is 1. The van der Waals surface area contributed by atoms with Gasteiger partial charge in [0.05, 0.1) is 11.9 Å². The van der Waals surface area contributed by atoms with Crippen LogP contribution in [-0.2, 0) is 13.6 Å². The van der Waals surface area contributed by atoms with Crippen LogP contribution in [0, 0.1) is 5.92 Å². The van der Waals surface area contributed by atoms with Crippen molar-refractivity contribution in [3.8, 4) is 11.4 Å². The highest BCUT2D eigenvalue weighted by Crippen LogP contribution is 2.38. The molecule has 0 spiro atoms. The maximum atomic E-state index is 13.2. The number of anilines is 1. The summed E-state index contributed by atoms with van der Waals surface area (Å²) in [5.74, 6) is 2.29. The molecule has 29 heavy (non-hydrogen) atoms. The van der Waals surface area contributed by atoms with Crippen LogP contribution in [0.15, 0.2) is 42.0 Å². The van der Waals surface area contributed by atoms with E-state index < -0.39 is 0 Å². The predicted molar refractivity (Wildman–Crippen MR) is 108 cm³/mol. The third-order valence-corrected chi connectivity index (χ3v) is 6.17. The highest BCUT2D eigenvalue weighted by Gasteiger charge is 2.36. The van der Waals surface area contributed by atoms with Gasteiger partial charge in [0.15, 0.2) is 11.5 Å². The average molecular weight is 388 g/mol. The Kier molecular flexibility index (Phi) is 3.41. The number of aromatic amines is 1. The first-order valence-corrected chi connectivity index (χ1v) is 9.79. The van der Waals surface area contributed by atoms with Gasteiger partial charge in [-0.25, -0.2) is 19.9 Å². The number of hydrogen-bond donors (Lipinski definition) is 1. The summed E-state index contributed by atoms with van der Waals surface area (Å²) >= 11 is 0. The predicted octanol–water partition coefficient (Wildman–Crippen LogP) is 1.54. The van der Waals surface area contributed by atoms with Gasteiger partial charge in [-0.2, -0.15) is 0 Å². The van der Waals surface area contributed by atoms with Gasteiger partial charge in [-0.05, 0) is 24.5 Å². The molecular formula is C20H20N8O. The molecule has 0 amide bonds. The summed E-state index contributed by atoms with van der Waals surface area (Å²) in [6, 6.07) is 4.02. The molecule has 6 heterocycles. The van der Waals surface area contributed by atoms with Crippen molar-refractivity contribution >= 4 is 17.0 Å². The van der Waals surface area contributed by atoms with Crippen molar-refractivity contribution in [2.24, 2.45) is 13.0 Å². The molecule has 146 valence electrons. The lowest BCUT2D eigenvalue weighted by Crippen LogP contribution is -2.47. The van der Waals surface area contributed by atoms with E-state index in [-0.39, 0.29) is 5.56 Å². The van der Waals surface area contributed by atoms with Gasteiger partial charge in [0.2, 0.25) is 0 Å². The van der Waals surface area contributed by atoms with E-state index in [0.717, 1.165) is 43.1 Å². The summed E-state index contributed by atoms with van der Waals surface area (Å²) in [4.78, 5) is 36.1. The second-order valence-electron chi connectivity index (χ2n) is 7.95. The van der Waals surface area contributed by atoms with Crippen molar-refractivity contribution in [1.29, 1.82) is 0 Å². The zero-order chi connectivity index (χ0) is 19.5. The van der Waals surface area contributed by atoms with Crippen molar-refractivity contribution in [3.05, 3.63) is 53.2 Å². The summed E-state index contributed by atoms with van der Waals surface area (Å²) in [7, 11) is 1.91. The maximum absolute atomic E-state index is 13.2. The van der Waals surface area contributed by atoms with Gasteiger partial charge in [0.25, 0.3) is 5.56 Å². The third-order valence-electron chi connectivity index (χ3n) is 6.17. The molecule has 2 aliphatic rings. The number of hydrogen-bond acceptors (Lipinski definition) is 6. The van der Waals surface area contributed by atoms with Crippen molar-refractivity contribution < 1.29 is 0 Å². The van der Waals surface area contributed by atoms with E-state index >= 15 is 0 Å². The van der Waals surface area contributed by atoms with Gasteiger partial charge in [-0.15, -0.1) is 0 Å². The first kappa shape index (κ1) is 16.5. The minimum atomic E-state index is 0.0537. The molecule has 4 aromatic heterocycles. The van der Waals surface area contributed by atoms with E-state index in [1.54, 1.807) is 18.9 Å². The monoisotopic (exact) mass is 388 g/mol. The van der Waals surface area contributed by atoms with E-state index in [1.165, 1.54) is 0 Å². The van der Waals surface area contributed by atoms with Crippen LogP contribution in [0.3, 0.4) is 0 Å². The van der Waals surface area contributed by atoms with Crippen LogP contribution in [0.25, 0.3) is 22.6 Å². The van der Waals surface area contributed by atoms with Gasteiger partial charge in [-0.3, -0.25) is 4.79 Å². The van der Waals surface area contributed by atoms with Crippen molar-refractivity contribution in [3.63, 3.8) is 0 Å². The molecule has 1 fully saturated rings. The molecule has 0 aromatic carbocycles. The lowest BCUT2D eigenvalue weighted by atomic mass is 9.83. The lowest BCUT2D eigenvalue weighted by molar-refractivity contribution is 0.281. The third kappa shape index (κ3) is 2.43. The fourth-order valence-electron chi connectivity index (χ4n) is 4.91. The van der Waals surface area contributed by atoms with Gasteiger partial charge >= 0.3 is 0 Å².